The molecule has 1 unspecified atom stereocenters. The minimum Gasteiger partial charge on any atom is -0.444 e. The minimum absolute atomic E-state index is 0.0685. The van der Waals surface area contributed by atoms with E-state index >= 15 is 0 Å². The van der Waals surface area contributed by atoms with E-state index in [2.05, 4.69) is 42.3 Å². The van der Waals surface area contributed by atoms with Crippen LogP contribution in [0.2, 0.25) is 0 Å². The number of amides is 4. The molecule has 2 aliphatic carbocycles. The number of ether oxygens (including phenoxy) is 1. The first-order valence-electron chi connectivity index (χ1n) is 15.2. The Morgan fingerprint density at radius 2 is 1.79 bits per heavy atom. The number of hydrogen-bond donors (Lipinski definition) is 3. The van der Waals surface area contributed by atoms with Gasteiger partial charge in [-0.05, 0) is 69.6 Å². The van der Waals surface area contributed by atoms with Crippen LogP contribution in [0, 0.1) is 35.5 Å². The van der Waals surface area contributed by atoms with E-state index < -0.39 is 47.4 Å². The highest BCUT2D eigenvalue weighted by Crippen LogP contribution is 2.65. The predicted octanol–water partition coefficient (Wildman–Crippen LogP) is 3.10. The van der Waals surface area contributed by atoms with Crippen molar-refractivity contribution in [2.75, 3.05) is 13.1 Å². The molecule has 2 saturated carbocycles. The summed E-state index contributed by atoms with van der Waals surface area (Å²) in [6.07, 6.45) is 11.7. The van der Waals surface area contributed by atoms with Gasteiger partial charge in [0.25, 0.3) is 5.91 Å². The average Bonchev–Trinajstić information content (AvgIpc) is 3.24. The van der Waals surface area contributed by atoms with Crippen molar-refractivity contribution >= 4 is 29.6 Å². The second-order valence-corrected chi connectivity index (χ2v) is 13.4. The number of nitrogens with one attached hydrogen (secondary N) is 3. The van der Waals surface area contributed by atoms with E-state index in [1.165, 1.54) is 0 Å². The molecule has 3 fully saturated rings. The number of Topliss-reactive ketones (excluding diaryl/α,β-unsaturated/α-hetero) is 1. The van der Waals surface area contributed by atoms with Crippen molar-refractivity contribution in [3.8, 4) is 12.3 Å². The van der Waals surface area contributed by atoms with Gasteiger partial charge in [-0.15, -0.1) is 18.9 Å². The van der Waals surface area contributed by atoms with Gasteiger partial charge in [0.2, 0.25) is 17.6 Å². The maximum Gasteiger partial charge on any atom is 0.408 e. The molecule has 42 heavy (non-hydrogen) atoms. The van der Waals surface area contributed by atoms with E-state index in [1.54, 1.807) is 31.7 Å². The standard InChI is InChI=1S/C32H48N4O6/c1-8-10-17-22(26(37)28(39)33-18-11-9-2)34-27(38)25-23-21(32(23,6)7)19-36(25)29(40)24(20-15-13-12-14-16-20)35-30(41)42-31(3,4)5/h2,8,20-25H,1,10-19H2,3-7H3,(H,33,39)(H,34,38)(H,35,41)/t21-,22?,23-,24-,25-/m0/s1. The number of ketones is 1. The van der Waals surface area contributed by atoms with E-state index in [-0.39, 0.29) is 48.5 Å². The second kappa shape index (κ2) is 13.7. The van der Waals surface area contributed by atoms with Gasteiger partial charge < -0.3 is 25.6 Å². The van der Waals surface area contributed by atoms with Crippen molar-refractivity contribution < 1.29 is 28.7 Å². The van der Waals surface area contributed by atoms with Crippen molar-refractivity contribution in [1.82, 2.24) is 20.9 Å². The first kappa shape index (κ1) is 33.2. The number of likely N-dealkylation sites (tertiary alicyclic amines) is 1. The van der Waals surface area contributed by atoms with Gasteiger partial charge in [0, 0.05) is 19.5 Å². The van der Waals surface area contributed by atoms with Crippen LogP contribution in [0.15, 0.2) is 12.7 Å². The minimum atomic E-state index is -1.08. The Kier molecular flexibility index (Phi) is 10.9. The summed E-state index contributed by atoms with van der Waals surface area (Å²) >= 11 is 0. The lowest BCUT2D eigenvalue weighted by Gasteiger charge is -2.37. The molecule has 232 valence electrons. The fraction of sp³-hybridized carbons (Fsp3) is 0.719. The third-order valence-corrected chi connectivity index (χ3v) is 8.89. The summed E-state index contributed by atoms with van der Waals surface area (Å²) in [5.41, 5.74) is -0.892. The van der Waals surface area contributed by atoms with Crippen molar-refractivity contribution in [3.63, 3.8) is 0 Å². The van der Waals surface area contributed by atoms with Crippen molar-refractivity contribution in [2.24, 2.45) is 23.2 Å². The van der Waals surface area contributed by atoms with Crippen molar-refractivity contribution in [2.45, 2.75) is 110 Å². The SMILES string of the molecule is C#CCCNC(=O)C(=O)C(CCC=C)NC(=O)[C@@H]1[C@@H]2[C@H](CN1C(=O)[C@@H](NC(=O)OC(C)(C)C)C1CCCCC1)C2(C)C. The lowest BCUT2D eigenvalue weighted by molar-refractivity contribution is -0.145. The molecule has 10 nitrogen and oxygen atoms in total. The largest absolute Gasteiger partial charge is 0.444 e. The topological polar surface area (TPSA) is 134 Å². The molecule has 1 heterocycles. The van der Waals surface area contributed by atoms with Gasteiger partial charge in [-0.3, -0.25) is 19.2 Å². The Labute approximate surface area is 250 Å². The Balaban J connectivity index is 1.83. The lowest BCUT2D eigenvalue weighted by Crippen LogP contribution is -2.59. The van der Waals surface area contributed by atoms with Crippen LogP contribution in [0.4, 0.5) is 4.79 Å². The van der Waals surface area contributed by atoms with Crippen LogP contribution in [0.1, 0.15) is 86.0 Å². The number of alkyl carbamates (subject to hydrolysis) is 1. The maximum absolute atomic E-state index is 14.2. The first-order valence-corrected chi connectivity index (χ1v) is 15.2. The van der Waals surface area contributed by atoms with E-state index in [9.17, 15) is 24.0 Å². The molecule has 0 aromatic rings. The van der Waals surface area contributed by atoms with Crippen LogP contribution < -0.4 is 16.0 Å². The number of piperidine rings is 1. The summed E-state index contributed by atoms with van der Waals surface area (Å²) < 4.78 is 5.49. The zero-order chi connectivity index (χ0) is 31.2. The van der Waals surface area contributed by atoms with Gasteiger partial charge in [0.15, 0.2) is 0 Å². The van der Waals surface area contributed by atoms with Crippen LogP contribution in [0.5, 0.6) is 0 Å². The third-order valence-electron chi connectivity index (χ3n) is 8.89. The molecule has 3 aliphatic rings. The Bertz CT molecular complexity index is 1100. The number of carbonyl (C=O) groups excluding carboxylic acids is 5. The van der Waals surface area contributed by atoms with E-state index in [0.717, 1.165) is 32.1 Å². The molecule has 5 atom stereocenters. The Morgan fingerprint density at radius 3 is 2.38 bits per heavy atom. The molecule has 3 rings (SSSR count). The third kappa shape index (κ3) is 7.93. The summed E-state index contributed by atoms with van der Waals surface area (Å²) in [5, 5.41) is 8.13. The molecule has 1 aliphatic heterocycles. The van der Waals surface area contributed by atoms with E-state index in [1.807, 2.05) is 0 Å². The molecule has 0 bridgehead atoms. The molecule has 0 aromatic heterocycles. The number of terminal acetylenes is 1. The number of nitrogens with zero attached hydrogens (tertiary/aromatic N) is 1. The summed E-state index contributed by atoms with van der Waals surface area (Å²) in [6.45, 7) is 13.7. The Morgan fingerprint density at radius 1 is 1.12 bits per heavy atom. The number of allylic oxidation sites excluding steroid dienone is 1. The monoisotopic (exact) mass is 584 g/mol. The van der Waals surface area contributed by atoms with Gasteiger partial charge in [-0.25, -0.2) is 4.79 Å². The van der Waals surface area contributed by atoms with Crippen LogP contribution in [-0.4, -0.2) is 71.3 Å². The van der Waals surface area contributed by atoms with E-state index in [4.69, 9.17) is 11.2 Å². The van der Waals surface area contributed by atoms with Crippen LogP contribution >= 0.6 is 0 Å². The molecule has 4 amide bonds. The summed E-state index contributed by atoms with van der Waals surface area (Å²) in [6, 6.07) is -2.73. The van der Waals surface area contributed by atoms with Crippen molar-refractivity contribution in [3.05, 3.63) is 12.7 Å². The molecule has 3 N–H and O–H groups in total. The quantitative estimate of drug-likeness (QED) is 0.140. The fourth-order valence-electron chi connectivity index (χ4n) is 6.58. The molecular weight excluding hydrogens is 536 g/mol. The maximum atomic E-state index is 14.2. The molecular formula is C32H48N4O6. The van der Waals surface area contributed by atoms with Gasteiger partial charge in [-0.2, -0.15) is 0 Å². The molecule has 0 spiro atoms. The molecule has 10 heteroatoms. The zero-order valence-corrected chi connectivity index (χ0v) is 25.8. The highest BCUT2D eigenvalue weighted by Gasteiger charge is 2.69. The van der Waals surface area contributed by atoms with Gasteiger partial charge in [0.05, 0.1) is 6.04 Å². The summed E-state index contributed by atoms with van der Waals surface area (Å²) in [4.78, 5) is 68.0. The van der Waals surface area contributed by atoms with Gasteiger partial charge in [0.1, 0.15) is 17.7 Å². The predicted molar refractivity (Wildman–Crippen MR) is 159 cm³/mol. The van der Waals surface area contributed by atoms with E-state index in [0.29, 0.717) is 13.0 Å². The normalized spacial score (nSPS) is 24.3. The van der Waals surface area contributed by atoms with Crippen LogP contribution in [0.25, 0.3) is 0 Å². The smallest absolute Gasteiger partial charge is 0.408 e. The number of rotatable bonds is 12. The number of hydrogen-bond acceptors (Lipinski definition) is 6. The van der Waals surface area contributed by atoms with Gasteiger partial charge >= 0.3 is 6.09 Å². The highest BCUT2D eigenvalue weighted by atomic mass is 16.6. The second-order valence-electron chi connectivity index (χ2n) is 13.4. The summed E-state index contributed by atoms with van der Waals surface area (Å²) in [7, 11) is 0. The Hall–Kier alpha value is -3.35. The zero-order valence-electron chi connectivity index (χ0n) is 25.8. The first-order chi connectivity index (χ1) is 19.7. The van der Waals surface area contributed by atoms with Crippen LogP contribution in [0.3, 0.4) is 0 Å². The molecule has 0 radical (unpaired) electrons. The average molecular weight is 585 g/mol. The molecule has 0 aromatic carbocycles. The summed E-state index contributed by atoms with van der Waals surface area (Å²) in [5.74, 6) is -0.0224. The highest BCUT2D eigenvalue weighted by molar-refractivity contribution is 6.38. The molecule has 1 saturated heterocycles. The van der Waals surface area contributed by atoms with Gasteiger partial charge in [-0.1, -0.05) is 39.2 Å². The lowest BCUT2D eigenvalue weighted by atomic mass is 9.83. The van der Waals surface area contributed by atoms with Crippen LogP contribution in [-0.2, 0) is 23.9 Å². The number of carbonyl (C=O) groups is 5. The van der Waals surface area contributed by atoms with Crippen molar-refractivity contribution in [1.29, 1.82) is 0 Å². The number of fused-ring (bicyclic) bond motifs is 1. The fourth-order valence-corrected chi connectivity index (χ4v) is 6.58.